The molecule has 26 heavy (non-hydrogen) atoms. The zero-order valence-electron chi connectivity index (χ0n) is 16.5. The standard InChI is InChI=1S/C22H32O4/c1-12-14-9-15(26-13(2)23)18-21(5)8-6-7-20(3,4)16(21)10-17(24)22(18,11-14)19(12)25/h14-18,24H,1,6-11H2,2-5H3. The Morgan fingerprint density at radius 2 is 1.92 bits per heavy atom. The minimum Gasteiger partial charge on any atom is -0.462 e. The highest BCUT2D eigenvalue weighted by Crippen LogP contribution is 2.71. The van der Waals surface area contributed by atoms with E-state index in [4.69, 9.17) is 4.74 Å². The Morgan fingerprint density at radius 1 is 1.23 bits per heavy atom. The molecular formula is C22H32O4. The second kappa shape index (κ2) is 5.43. The number of rotatable bonds is 1. The molecule has 4 saturated carbocycles. The van der Waals surface area contributed by atoms with Crippen molar-refractivity contribution >= 4 is 11.8 Å². The predicted molar refractivity (Wildman–Crippen MR) is 98.2 cm³/mol. The number of ether oxygens (including phenoxy) is 1. The zero-order valence-corrected chi connectivity index (χ0v) is 16.5. The van der Waals surface area contributed by atoms with E-state index in [2.05, 4.69) is 27.4 Å². The molecule has 4 fully saturated rings. The topological polar surface area (TPSA) is 63.6 Å². The van der Waals surface area contributed by atoms with Gasteiger partial charge in [0, 0.05) is 12.8 Å². The summed E-state index contributed by atoms with van der Waals surface area (Å²) in [6, 6.07) is 0. The van der Waals surface area contributed by atoms with Crippen molar-refractivity contribution < 1.29 is 19.4 Å². The van der Waals surface area contributed by atoms with Crippen molar-refractivity contribution in [3.05, 3.63) is 12.2 Å². The highest BCUT2D eigenvalue weighted by molar-refractivity contribution is 6.03. The molecule has 0 amide bonds. The van der Waals surface area contributed by atoms with Gasteiger partial charge in [-0.15, -0.1) is 0 Å². The minimum atomic E-state index is -0.807. The molecule has 2 bridgehead atoms. The van der Waals surface area contributed by atoms with Gasteiger partial charge >= 0.3 is 5.97 Å². The van der Waals surface area contributed by atoms with Gasteiger partial charge in [0.2, 0.25) is 0 Å². The normalized spacial score (nSPS) is 49.3. The number of hydrogen-bond acceptors (Lipinski definition) is 4. The van der Waals surface area contributed by atoms with Crippen LogP contribution in [0, 0.1) is 34.0 Å². The lowest BCUT2D eigenvalue weighted by atomic mass is 9.40. The molecule has 0 aliphatic heterocycles. The van der Waals surface area contributed by atoms with Crippen molar-refractivity contribution in [2.45, 2.75) is 78.4 Å². The van der Waals surface area contributed by atoms with Crippen LogP contribution >= 0.6 is 0 Å². The number of aliphatic hydroxyl groups is 1. The summed E-state index contributed by atoms with van der Waals surface area (Å²) in [7, 11) is 0. The smallest absolute Gasteiger partial charge is 0.302 e. The SMILES string of the molecule is C=C1C(=O)C23CC1CC(OC(C)=O)C2C1(C)CCCC(C)(C)C1CC3O. The third kappa shape index (κ3) is 2.11. The first-order chi connectivity index (χ1) is 12.0. The molecule has 0 aromatic carbocycles. The molecule has 4 nitrogen and oxygen atoms in total. The van der Waals surface area contributed by atoms with Crippen molar-refractivity contribution in [3.8, 4) is 0 Å². The van der Waals surface area contributed by atoms with Crippen molar-refractivity contribution in [1.82, 2.24) is 0 Å². The lowest BCUT2D eigenvalue weighted by Crippen LogP contribution is -2.66. The van der Waals surface area contributed by atoms with Crippen molar-refractivity contribution in [1.29, 1.82) is 0 Å². The number of esters is 1. The molecule has 4 heteroatoms. The van der Waals surface area contributed by atoms with Gasteiger partial charge in [-0.2, -0.15) is 0 Å². The van der Waals surface area contributed by atoms with Crippen LogP contribution in [0.5, 0.6) is 0 Å². The first kappa shape index (κ1) is 18.2. The second-order valence-corrected chi connectivity index (χ2v) is 10.3. The summed E-state index contributed by atoms with van der Waals surface area (Å²) in [6.07, 6.45) is 4.33. The molecule has 144 valence electrons. The summed E-state index contributed by atoms with van der Waals surface area (Å²) < 4.78 is 5.82. The van der Waals surface area contributed by atoms with Gasteiger partial charge in [-0.25, -0.2) is 0 Å². The lowest BCUT2D eigenvalue weighted by Gasteiger charge is -2.65. The minimum absolute atomic E-state index is 0.0366. The maximum Gasteiger partial charge on any atom is 0.302 e. The van der Waals surface area contributed by atoms with Crippen LogP contribution < -0.4 is 0 Å². The van der Waals surface area contributed by atoms with Gasteiger partial charge in [0.25, 0.3) is 0 Å². The summed E-state index contributed by atoms with van der Waals surface area (Å²) in [6.45, 7) is 12.4. The summed E-state index contributed by atoms with van der Waals surface area (Å²) in [5.74, 6) is -0.00660. The highest BCUT2D eigenvalue weighted by atomic mass is 16.5. The molecule has 7 atom stereocenters. The Labute approximate surface area is 156 Å². The van der Waals surface area contributed by atoms with Crippen LogP contribution in [0.2, 0.25) is 0 Å². The number of carbonyl (C=O) groups excluding carboxylic acids is 2. The van der Waals surface area contributed by atoms with Crippen LogP contribution in [0.25, 0.3) is 0 Å². The number of fused-ring (bicyclic) bond motifs is 3. The average Bonchev–Trinajstić information content (AvgIpc) is 2.71. The molecule has 4 aliphatic rings. The third-order valence-electron chi connectivity index (χ3n) is 8.59. The van der Waals surface area contributed by atoms with Crippen LogP contribution in [0.4, 0.5) is 0 Å². The van der Waals surface area contributed by atoms with E-state index < -0.39 is 11.5 Å². The number of Topliss-reactive ketones (excluding diaryl/α,β-unsaturated/α-hetero) is 1. The first-order valence-electron chi connectivity index (χ1n) is 10.1. The lowest BCUT2D eigenvalue weighted by molar-refractivity contribution is -0.229. The Morgan fingerprint density at radius 3 is 2.58 bits per heavy atom. The van der Waals surface area contributed by atoms with Gasteiger partial charge in [0.1, 0.15) is 6.10 Å². The Balaban J connectivity index is 1.88. The van der Waals surface area contributed by atoms with Crippen LogP contribution in [0.1, 0.15) is 66.2 Å². The van der Waals surface area contributed by atoms with Gasteiger partial charge in [-0.1, -0.05) is 33.8 Å². The van der Waals surface area contributed by atoms with Gasteiger partial charge < -0.3 is 9.84 Å². The van der Waals surface area contributed by atoms with Gasteiger partial charge in [0.05, 0.1) is 11.5 Å². The Hall–Kier alpha value is -1.16. The van der Waals surface area contributed by atoms with E-state index in [-0.39, 0.29) is 40.5 Å². The van der Waals surface area contributed by atoms with Crippen molar-refractivity contribution in [2.75, 3.05) is 0 Å². The summed E-state index contributed by atoms with van der Waals surface area (Å²) in [5.41, 5.74) is -0.155. The molecule has 7 unspecified atom stereocenters. The summed E-state index contributed by atoms with van der Waals surface area (Å²) in [5, 5.41) is 11.3. The fourth-order valence-electron chi connectivity index (χ4n) is 7.75. The van der Waals surface area contributed by atoms with Crippen molar-refractivity contribution in [2.24, 2.45) is 34.0 Å². The summed E-state index contributed by atoms with van der Waals surface area (Å²) in [4.78, 5) is 25.2. The van der Waals surface area contributed by atoms with Gasteiger partial charge in [-0.3, -0.25) is 9.59 Å². The molecule has 0 aromatic heterocycles. The molecule has 4 rings (SSSR count). The number of allylic oxidation sites excluding steroid dienone is 1. The molecular weight excluding hydrogens is 328 g/mol. The quantitative estimate of drug-likeness (QED) is 0.572. The largest absolute Gasteiger partial charge is 0.462 e. The van der Waals surface area contributed by atoms with Gasteiger partial charge in [-0.05, 0) is 60.3 Å². The predicted octanol–water partition coefficient (Wildman–Crippen LogP) is 3.67. The van der Waals surface area contributed by atoms with E-state index in [1.807, 2.05) is 0 Å². The monoisotopic (exact) mass is 360 g/mol. The van der Waals surface area contributed by atoms with E-state index in [1.54, 1.807) is 0 Å². The maximum atomic E-state index is 13.4. The maximum absolute atomic E-state index is 13.4. The number of aliphatic hydroxyl groups excluding tert-OH is 1. The molecule has 4 aliphatic carbocycles. The molecule has 0 saturated heterocycles. The highest BCUT2D eigenvalue weighted by Gasteiger charge is 2.72. The van der Waals surface area contributed by atoms with Gasteiger partial charge in [0.15, 0.2) is 5.78 Å². The van der Waals surface area contributed by atoms with Crippen LogP contribution in [0.3, 0.4) is 0 Å². The Kier molecular flexibility index (Phi) is 3.81. The third-order valence-corrected chi connectivity index (χ3v) is 8.59. The zero-order chi connectivity index (χ0) is 19.1. The number of ketones is 1. The first-order valence-corrected chi connectivity index (χ1v) is 10.1. The fraction of sp³-hybridized carbons (Fsp3) is 0.818. The number of carbonyl (C=O) groups is 2. The second-order valence-electron chi connectivity index (χ2n) is 10.3. The van der Waals surface area contributed by atoms with Crippen LogP contribution in [-0.4, -0.2) is 29.1 Å². The van der Waals surface area contributed by atoms with E-state index in [9.17, 15) is 14.7 Å². The van der Waals surface area contributed by atoms with E-state index in [0.29, 0.717) is 30.8 Å². The number of hydrogen-bond donors (Lipinski definition) is 1. The molecule has 1 spiro atoms. The Bertz CT molecular complexity index is 680. The average molecular weight is 360 g/mol. The van der Waals surface area contributed by atoms with Crippen LogP contribution in [-0.2, 0) is 14.3 Å². The van der Waals surface area contributed by atoms with Crippen LogP contribution in [0.15, 0.2) is 12.2 Å². The fourth-order valence-corrected chi connectivity index (χ4v) is 7.75. The van der Waals surface area contributed by atoms with E-state index in [0.717, 1.165) is 19.3 Å². The van der Waals surface area contributed by atoms with E-state index in [1.165, 1.54) is 6.92 Å². The molecule has 0 heterocycles. The molecule has 0 aromatic rings. The van der Waals surface area contributed by atoms with E-state index >= 15 is 0 Å². The molecule has 0 radical (unpaired) electrons. The van der Waals surface area contributed by atoms with Crippen molar-refractivity contribution in [3.63, 3.8) is 0 Å². The summed E-state index contributed by atoms with van der Waals surface area (Å²) >= 11 is 0. The molecule has 1 N–H and O–H groups in total.